The van der Waals surface area contributed by atoms with Crippen LogP contribution >= 0.6 is 27.9 Å². The highest BCUT2D eigenvalue weighted by atomic mass is 79.9. The molecule has 0 spiro atoms. The van der Waals surface area contributed by atoms with Gasteiger partial charge in [0.2, 0.25) is 0 Å². The van der Waals surface area contributed by atoms with Gasteiger partial charge >= 0.3 is 0 Å². The highest BCUT2D eigenvalue weighted by Gasteiger charge is 2.18. The number of rotatable bonds is 4. The largest absolute Gasteiger partial charge is 0.396 e. The first-order valence-electron chi connectivity index (χ1n) is 8.80. The Morgan fingerprint density at radius 1 is 1.25 bits per heavy atom. The summed E-state index contributed by atoms with van der Waals surface area (Å²) >= 11 is 5.01. The molecule has 0 radical (unpaired) electrons. The number of nitrogens with one attached hydrogen (secondary N) is 2. The molecule has 8 heteroatoms. The number of aromatic amines is 1. The van der Waals surface area contributed by atoms with Crippen LogP contribution < -0.4 is 10.5 Å². The average molecular weight is 457 g/mol. The lowest BCUT2D eigenvalue weighted by Crippen LogP contribution is -2.03. The van der Waals surface area contributed by atoms with Crippen LogP contribution in [0.15, 0.2) is 34.9 Å². The van der Waals surface area contributed by atoms with Crippen LogP contribution in [0.1, 0.15) is 17.0 Å². The second-order valence-electron chi connectivity index (χ2n) is 6.68. The number of aryl methyl sites for hydroxylation is 1. The molecule has 4 N–H and O–H groups in total. The van der Waals surface area contributed by atoms with Crippen LogP contribution in [0.3, 0.4) is 0 Å². The predicted octanol–water partition coefficient (Wildman–Crippen LogP) is 5.38. The van der Waals surface area contributed by atoms with Crippen molar-refractivity contribution in [3.63, 3.8) is 0 Å². The Morgan fingerprint density at radius 3 is 2.79 bits per heavy atom. The second kappa shape index (κ2) is 7.18. The topological polar surface area (TPSA) is 84.6 Å². The van der Waals surface area contributed by atoms with E-state index in [1.165, 1.54) is 5.56 Å². The Balaban J connectivity index is 1.88. The first-order valence-corrected chi connectivity index (χ1v) is 10.8. The molecule has 0 aliphatic carbocycles. The molecule has 0 aliphatic heterocycles. The fraction of sp³-hybridized carbons (Fsp3) is 0.200. The summed E-state index contributed by atoms with van der Waals surface area (Å²) in [7, 11) is 0. The van der Waals surface area contributed by atoms with Crippen LogP contribution in [-0.2, 0) is 0 Å². The van der Waals surface area contributed by atoms with Crippen molar-refractivity contribution in [1.29, 1.82) is 0 Å². The number of pyridine rings is 1. The molecule has 0 bridgehead atoms. The smallest absolute Gasteiger partial charge is 0.159 e. The zero-order chi connectivity index (χ0) is 20.0. The lowest BCUT2D eigenvalue weighted by atomic mass is 10.1. The zero-order valence-corrected chi connectivity index (χ0v) is 18.5. The first-order chi connectivity index (χ1) is 13.4. The van der Waals surface area contributed by atoms with Crippen LogP contribution in [0.2, 0.25) is 0 Å². The molecule has 144 valence electrons. The number of nitrogen functional groups attached to an aromatic ring is 1. The minimum absolute atomic E-state index is 0.591. The maximum Gasteiger partial charge on any atom is 0.159 e. The summed E-state index contributed by atoms with van der Waals surface area (Å²) in [6, 6.07) is 8.45. The highest BCUT2D eigenvalue weighted by Crippen LogP contribution is 2.33. The summed E-state index contributed by atoms with van der Waals surface area (Å²) in [5, 5.41) is 0. The van der Waals surface area contributed by atoms with Gasteiger partial charge in [0.05, 0.1) is 15.8 Å². The van der Waals surface area contributed by atoms with Crippen LogP contribution in [-0.4, -0.2) is 25.8 Å². The number of nitrogens with zero attached hydrogens (tertiary/aromatic N) is 3. The van der Waals surface area contributed by atoms with Gasteiger partial charge in [0.15, 0.2) is 5.65 Å². The molecule has 0 saturated heterocycles. The van der Waals surface area contributed by atoms with E-state index >= 15 is 0 Å². The van der Waals surface area contributed by atoms with E-state index in [2.05, 4.69) is 80.2 Å². The standard InChI is InChI=1S/C20H21BrN6S/c1-10-8-13(19-24-18-17(22)14(21)9-23-20(18)25-19)12(3)27(10)16-7-5-6-15(11(16)2)26-28-4/h5-9,26H,1-4H3,(H3,22,23,24,25). The Bertz CT molecular complexity index is 1190. The van der Waals surface area contributed by atoms with Gasteiger partial charge in [-0.2, -0.15) is 0 Å². The highest BCUT2D eigenvalue weighted by molar-refractivity contribution is 9.10. The summed E-state index contributed by atoms with van der Waals surface area (Å²) in [4.78, 5) is 12.4. The number of fused-ring (bicyclic) bond motifs is 1. The van der Waals surface area contributed by atoms with Gasteiger partial charge in [0, 0.05) is 35.1 Å². The van der Waals surface area contributed by atoms with E-state index in [1.807, 2.05) is 6.26 Å². The van der Waals surface area contributed by atoms with Gasteiger partial charge in [-0.15, -0.1) is 0 Å². The van der Waals surface area contributed by atoms with Gasteiger partial charge < -0.3 is 20.0 Å². The van der Waals surface area contributed by atoms with Gasteiger partial charge in [-0.05, 0) is 60.5 Å². The van der Waals surface area contributed by atoms with Gasteiger partial charge in [0.1, 0.15) is 11.3 Å². The lowest BCUT2D eigenvalue weighted by molar-refractivity contribution is 0.956. The van der Waals surface area contributed by atoms with Crippen molar-refractivity contribution >= 4 is 50.4 Å². The fourth-order valence-corrected chi connectivity index (χ4v) is 4.27. The van der Waals surface area contributed by atoms with E-state index < -0.39 is 0 Å². The van der Waals surface area contributed by atoms with E-state index in [4.69, 9.17) is 10.7 Å². The normalized spacial score (nSPS) is 11.3. The molecule has 1 aromatic carbocycles. The number of H-pyrrole nitrogens is 1. The first kappa shape index (κ1) is 18.9. The number of anilines is 2. The summed E-state index contributed by atoms with van der Waals surface area (Å²) in [6.07, 6.45) is 3.71. The van der Waals surface area contributed by atoms with Crippen molar-refractivity contribution in [3.05, 3.63) is 51.9 Å². The van der Waals surface area contributed by atoms with E-state index in [1.54, 1.807) is 18.1 Å². The Kier molecular flexibility index (Phi) is 4.84. The second-order valence-corrected chi connectivity index (χ2v) is 8.15. The summed E-state index contributed by atoms with van der Waals surface area (Å²) in [5.41, 5.74) is 14.9. The predicted molar refractivity (Wildman–Crippen MR) is 122 cm³/mol. The van der Waals surface area contributed by atoms with Gasteiger partial charge in [-0.1, -0.05) is 18.0 Å². The number of aromatic nitrogens is 4. The van der Waals surface area contributed by atoms with Gasteiger partial charge in [-0.25, -0.2) is 9.97 Å². The summed E-state index contributed by atoms with van der Waals surface area (Å²) < 4.78 is 6.36. The van der Waals surface area contributed by atoms with Crippen LogP contribution in [0.5, 0.6) is 0 Å². The number of imidazole rings is 1. The van der Waals surface area contributed by atoms with Crippen molar-refractivity contribution < 1.29 is 0 Å². The van der Waals surface area contributed by atoms with E-state index in [9.17, 15) is 0 Å². The molecule has 4 aromatic rings. The van der Waals surface area contributed by atoms with E-state index in [0.717, 1.165) is 38.6 Å². The molecular formula is C20H21BrN6S. The van der Waals surface area contributed by atoms with E-state index in [-0.39, 0.29) is 0 Å². The van der Waals surface area contributed by atoms with Gasteiger partial charge in [0.25, 0.3) is 0 Å². The maximum atomic E-state index is 6.16. The third kappa shape index (κ3) is 2.97. The van der Waals surface area contributed by atoms with Crippen molar-refractivity contribution in [3.8, 4) is 17.1 Å². The quantitative estimate of drug-likeness (QED) is 0.359. The zero-order valence-electron chi connectivity index (χ0n) is 16.1. The van der Waals surface area contributed by atoms with Gasteiger partial charge in [-0.3, -0.25) is 0 Å². The summed E-state index contributed by atoms with van der Waals surface area (Å²) in [5.74, 6) is 0.766. The third-order valence-corrected chi connectivity index (χ3v) is 6.00. The number of hydrogen-bond acceptors (Lipinski definition) is 5. The van der Waals surface area contributed by atoms with E-state index in [0.29, 0.717) is 16.9 Å². The molecule has 6 nitrogen and oxygen atoms in total. The number of hydrogen-bond donors (Lipinski definition) is 3. The fourth-order valence-electron chi connectivity index (χ4n) is 3.54. The third-order valence-electron chi connectivity index (χ3n) is 4.95. The Hall–Kier alpha value is -2.45. The van der Waals surface area contributed by atoms with Crippen LogP contribution in [0.25, 0.3) is 28.2 Å². The van der Waals surface area contributed by atoms with Crippen LogP contribution in [0, 0.1) is 20.8 Å². The Labute approximate surface area is 176 Å². The molecule has 4 rings (SSSR count). The summed E-state index contributed by atoms with van der Waals surface area (Å²) in [6.45, 7) is 6.35. The molecular weight excluding hydrogens is 436 g/mol. The molecule has 28 heavy (non-hydrogen) atoms. The molecule has 0 fully saturated rings. The SMILES string of the molecule is CSNc1cccc(-n2c(C)cc(-c3nc4c(N)c(Br)cnc4[nH]3)c2C)c1C. The van der Waals surface area contributed by atoms with Crippen molar-refractivity contribution in [2.75, 3.05) is 16.7 Å². The monoisotopic (exact) mass is 456 g/mol. The molecule has 0 atom stereocenters. The number of nitrogens with two attached hydrogens (primary N) is 1. The van der Waals surface area contributed by atoms with Crippen LogP contribution in [0.4, 0.5) is 11.4 Å². The molecule has 3 aromatic heterocycles. The minimum atomic E-state index is 0.591. The van der Waals surface area contributed by atoms with Crippen molar-refractivity contribution in [2.24, 2.45) is 0 Å². The molecule has 0 saturated carbocycles. The van der Waals surface area contributed by atoms with Crippen molar-refractivity contribution in [1.82, 2.24) is 19.5 Å². The minimum Gasteiger partial charge on any atom is -0.396 e. The molecule has 3 heterocycles. The molecule has 0 unspecified atom stereocenters. The molecule has 0 aliphatic rings. The Morgan fingerprint density at radius 2 is 2.04 bits per heavy atom. The maximum absolute atomic E-state index is 6.16. The lowest BCUT2D eigenvalue weighted by Gasteiger charge is -2.16. The average Bonchev–Trinajstić information content (AvgIpc) is 3.22. The van der Waals surface area contributed by atoms with Crippen molar-refractivity contribution in [2.45, 2.75) is 20.8 Å². The number of halogens is 1. The molecule has 0 amide bonds. The number of benzene rings is 1.